The first-order chi connectivity index (χ1) is 0. The predicted octanol–water partition coefficient (Wildman–Crippen LogP) is -1.53. The second kappa shape index (κ2) is 22.7. The average molecular weight is 216 g/mol. The summed E-state index contributed by atoms with van der Waals surface area (Å²) in [7, 11) is 0. The van der Waals surface area contributed by atoms with Gasteiger partial charge in [-0.05, 0) is 0 Å². The fraction of sp³-hybridized carbons (Fsp3) is 0. The van der Waals surface area contributed by atoms with Gasteiger partial charge in [0.05, 0.1) is 0 Å². The van der Waals surface area contributed by atoms with Crippen molar-refractivity contribution in [2.45, 2.75) is 0 Å². The molecule has 0 saturated heterocycles. The molecule has 0 saturated carbocycles. The summed E-state index contributed by atoms with van der Waals surface area (Å²) in [5.74, 6) is 0. The molecule has 0 heterocycles. The van der Waals surface area contributed by atoms with Crippen LogP contribution in [0.25, 0.3) is 0 Å². The topological polar surface area (TPSA) is 0 Å². The maximum absolute atomic E-state index is 0. The monoisotopic (exact) mass is 216 g/mol. The molecule has 0 rings (SSSR count). The molecule has 16 valence electrons. The molecule has 0 N–H and O–H groups in total. The van der Waals surface area contributed by atoms with Gasteiger partial charge in [0.25, 0.3) is 0 Å². The van der Waals surface area contributed by atoms with Crippen molar-refractivity contribution in [3.8, 4) is 0 Å². The van der Waals surface area contributed by atoms with E-state index in [-0.39, 0.29) is 168 Å². The van der Waals surface area contributed by atoms with Crippen LogP contribution in [0.2, 0.25) is 0 Å². The van der Waals surface area contributed by atoms with Gasteiger partial charge in [0.1, 0.15) is 0 Å². The van der Waals surface area contributed by atoms with E-state index in [2.05, 4.69) is 0 Å². The zero-order chi connectivity index (χ0) is 0. The predicted molar refractivity (Wildman–Crippen MR) is 23.0 cm³/mol. The molecule has 0 spiro atoms. The van der Waals surface area contributed by atoms with Gasteiger partial charge >= 0.3 is 0 Å². The van der Waals surface area contributed by atoms with E-state index in [1.54, 1.807) is 0 Å². The molecule has 0 aromatic rings. The first-order valence-corrected chi connectivity index (χ1v) is 0. The molecule has 0 unspecified atom stereocenters. The largest absolute Gasteiger partial charge is 0 e. The summed E-state index contributed by atoms with van der Waals surface area (Å²) >= 11 is 0. The van der Waals surface area contributed by atoms with Crippen molar-refractivity contribution in [2.24, 2.45) is 0 Å². The van der Waals surface area contributed by atoms with Crippen LogP contribution in [0.3, 0.4) is 0 Å². The molecule has 0 aliphatic rings. The van der Waals surface area contributed by atoms with Gasteiger partial charge in [-0.25, -0.2) is 0 Å². The molecule has 5 heteroatoms. The number of rotatable bonds is 0. The van der Waals surface area contributed by atoms with Crippen LogP contribution >= 0.6 is 0 Å². The van der Waals surface area contributed by atoms with Gasteiger partial charge in [0.2, 0.25) is 0 Å². The standard InChI is InChI=1S/4Ca.Fe. The van der Waals surface area contributed by atoms with Crippen LogP contribution in [-0.2, 0) is 17.1 Å². The molecular weight excluding hydrogens is 216 g/mol. The molecule has 0 aromatic heterocycles. The Bertz CT molecular complexity index is 3.61. The van der Waals surface area contributed by atoms with E-state index in [1.807, 2.05) is 0 Å². The third-order valence-corrected chi connectivity index (χ3v) is 0. The quantitative estimate of drug-likeness (QED) is 0.431. The summed E-state index contributed by atoms with van der Waals surface area (Å²) in [6.07, 6.45) is 0. The molecular formula is Ca4Fe. The summed E-state index contributed by atoms with van der Waals surface area (Å²) in [5, 5.41) is 0. The minimum absolute atomic E-state index is 0. The van der Waals surface area contributed by atoms with Crippen LogP contribution in [0.4, 0.5) is 0 Å². The molecule has 8 radical (unpaired) electrons. The molecule has 0 fully saturated rings. The van der Waals surface area contributed by atoms with Crippen molar-refractivity contribution in [2.75, 3.05) is 0 Å². The molecule has 5 heavy (non-hydrogen) atoms. The summed E-state index contributed by atoms with van der Waals surface area (Å²) in [6, 6.07) is 0. The normalized spacial score (nSPS) is 0. The third kappa shape index (κ3) is 17.7. The second-order valence-corrected chi connectivity index (χ2v) is 0. The van der Waals surface area contributed by atoms with Crippen LogP contribution in [0.5, 0.6) is 0 Å². The summed E-state index contributed by atoms with van der Waals surface area (Å²) < 4.78 is 0. The van der Waals surface area contributed by atoms with E-state index in [1.165, 1.54) is 0 Å². The molecule has 0 bridgehead atoms. The van der Waals surface area contributed by atoms with Crippen molar-refractivity contribution in [1.82, 2.24) is 0 Å². The molecule has 0 nitrogen and oxygen atoms in total. The number of hydrogen-bond acceptors (Lipinski definition) is 0. The first-order valence-electron chi connectivity index (χ1n) is 0. The first kappa shape index (κ1) is 31.2. The van der Waals surface area contributed by atoms with Crippen molar-refractivity contribution < 1.29 is 17.1 Å². The van der Waals surface area contributed by atoms with Crippen molar-refractivity contribution in [3.63, 3.8) is 0 Å². The minimum atomic E-state index is 0. The van der Waals surface area contributed by atoms with E-state index in [0.717, 1.165) is 0 Å². The zero-order valence-corrected chi connectivity index (χ0v) is 13.1. The minimum Gasteiger partial charge on any atom is 0 e. The Hall–Kier alpha value is 5.56. The second-order valence-electron chi connectivity index (χ2n) is 0. The van der Waals surface area contributed by atoms with Crippen LogP contribution in [0.15, 0.2) is 0 Å². The molecule has 0 aromatic carbocycles. The van der Waals surface area contributed by atoms with E-state index >= 15 is 0 Å². The SMILES string of the molecule is [Ca].[Ca].[Ca].[Ca].[Fe]. The smallest absolute Gasteiger partial charge is 0 e. The van der Waals surface area contributed by atoms with Gasteiger partial charge in [-0.3, -0.25) is 0 Å². The summed E-state index contributed by atoms with van der Waals surface area (Å²) in [4.78, 5) is 0. The van der Waals surface area contributed by atoms with Crippen LogP contribution in [0.1, 0.15) is 0 Å². The average Bonchev–Trinajstić information content (AvgIpc) is 0. The van der Waals surface area contributed by atoms with Gasteiger partial charge in [0, 0.05) is 168 Å². The Balaban J connectivity index is 0. The van der Waals surface area contributed by atoms with Crippen molar-refractivity contribution >= 4 is 151 Å². The van der Waals surface area contributed by atoms with Crippen LogP contribution in [0, 0.1) is 0 Å². The van der Waals surface area contributed by atoms with E-state index in [0.29, 0.717) is 0 Å². The maximum atomic E-state index is 0. The molecule has 0 aliphatic heterocycles. The van der Waals surface area contributed by atoms with E-state index in [4.69, 9.17) is 0 Å². The Morgan fingerprint density at radius 3 is 0.400 bits per heavy atom. The maximum Gasteiger partial charge on any atom is 0 e. The summed E-state index contributed by atoms with van der Waals surface area (Å²) in [5.41, 5.74) is 0. The summed E-state index contributed by atoms with van der Waals surface area (Å²) in [6.45, 7) is 0. The van der Waals surface area contributed by atoms with Gasteiger partial charge in [-0.15, -0.1) is 0 Å². The fourth-order valence-corrected chi connectivity index (χ4v) is 0. The van der Waals surface area contributed by atoms with Gasteiger partial charge in [-0.1, -0.05) is 0 Å². The van der Waals surface area contributed by atoms with E-state index in [9.17, 15) is 0 Å². The van der Waals surface area contributed by atoms with Gasteiger partial charge in [0.15, 0.2) is 0 Å². The Morgan fingerprint density at radius 2 is 0.400 bits per heavy atom. The van der Waals surface area contributed by atoms with E-state index < -0.39 is 0 Å². The van der Waals surface area contributed by atoms with Crippen molar-refractivity contribution in [3.05, 3.63) is 0 Å². The Labute approximate surface area is 162 Å². The van der Waals surface area contributed by atoms with Crippen molar-refractivity contribution in [1.29, 1.82) is 0 Å². The number of hydrogen-bond donors (Lipinski definition) is 0. The van der Waals surface area contributed by atoms with Gasteiger partial charge in [-0.2, -0.15) is 0 Å². The Kier molecular flexibility index (Phi) is 142. The fourth-order valence-electron chi connectivity index (χ4n) is 0. The van der Waals surface area contributed by atoms with Crippen LogP contribution < -0.4 is 0 Å². The molecule has 0 aliphatic carbocycles. The van der Waals surface area contributed by atoms with Crippen LogP contribution in [-0.4, -0.2) is 151 Å². The Morgan fingerprint density at radius 1 is 0.400 bits per heavy atom. The zero-order valence-electron chi connectivity index (χ0n) is 3.18. The third-order valence-electron chi connectivity index (χ3n) is 0. The molecule has 0 amide bonds. The van der Waals surface area contributed by atoms with Gasteiger partial charge < -0.3 is 0 Å². The molecule has 0 atom stereocenters.